The van der Waals surface area contributed by atoms with Crippen molar-refractivity contribution in [3.8, 4) is 0 Å². The van der Waals surface area contributed by atoms with E-state index in [9.17, 15) is 8.42 Å². The van der Waals surface area contributed by atoms with E-state index < -0.39 is 10.0 Å². The number of likely N-dealkylation sites (tertiary alicyclic amines) is 1. The Morgan fingerprint density at radius 1 is 1.30 bits per heavy atom. The molecule has 0 saturated carbocycles. The Morgan fingerprint density at radius 2 is 2.04 bits per heavy atom. The fourth-order valence-corrected chi connectivity index (χ4v) is 3.59. The van der Waals surface area contributed by atoms with Crippen molar-refractivity contribution in [1.82, 2.24) is 14.7 Å². The number of benzene rings is 1. The van der Waals surface area contributed by atoms with Gasteiger partial charge in [0.2, 0.25) is 10.0 Å². The highest BCUT2D eigenvalue weighted by Crippen LogP contribution is 2.27. The summed E-state index contributed by atoms with van der Waals surface area (Å²) in [4.78, 5) is 2.38. The van der Waals surface area contributed by atoms with Gasteiger partial charge in [-0.3, -0.25) is 9.62 Å². The maximum atomic E-state index is 11.5. The van der Waals surface area contributed by atoms with Crippen LogP contribution in [0.3, 0.4) is 0 Å². The van der Waals surface area contributed by atoms with Crippen LogP contribution in [0.2, 0.25) is 0 Å². The summed E-state index contributed by atoms with van der Waals surface area (Å²) in [5.74, 6) is 0.552. The lowest BCUT2D eigenvalue weighted by molar-refractivity contribution is 0.312. The van der Waals surface area contributed by atoms with E-state index in [1.807, 2.05) is 29.8 Å². The molecule has 3 rings (SSSR count). The molecule has 124 valence electrons. The van der Waals surface area contributed by atoms with E-state index in [0.717, 1.165) is 38.0 Å². The van der Waals surface area contributed by atoms with Crippen LogP contribution in [0.1, 0.15) is 23.7 Å². The van der Waals surface area contributed by atoms with Gasteiger partial charge in [0.05, 0.1) is 18.0 Å². The number of rotatable bonds is 5. The molecule has 1 aromatic carbocycles. The van der Waals surface area contributed by atoms with Gasteiger partial charge >= 0.3 is 0 Å². The second kappa shape index (κ2) is 6.33. The van der Waals surface area contributed by atoms with E-state index in [1.54, 1.807) is 6.07 Å². The maximum Gasteiger partial charge on any atom is 0.230 e. The first-order valence-corrected chi connectivity index (χ1v) is 9.60. The monoisotopic (exact) mass is 334 g/mol. The molecule has 0 amide bonds. The number of nitrogens with zero attached hydrogens (tertiary/aromatic N) is 3. The van der Waals surface area contributed by atoms with Gasteiger partial charge in [0.1, 0.15) is 5.82 Å². The summed E-state index contributed by atoms with van der Waals surface area (Å²) in [5, 5.41) is 4.48. The molecule has 1 aliphatic rings. The summed E-state index contributed by atoms with van der Waals surface area (Å²) in [6, 6.07) is 12.3. The van der Waals surface area contributed by atoms with E-state index in [4.69, 9.17) is 0 Å². The van der Waals surface area contributed by atoms with Crippen LogP contribution in [0.4, 0.5) is 5.82 Å². The predicted octanol–water partition coefficient (Wildman–Crippen LogP) is 2.01. The molecule has 0 aliphatic carbocycles. The summed E-state index contributed by atoms with van der Waals surface area (Å²) in [6.07, 6.45) is 2.13. The van der Waals surface area contributed by atoms with Crippen molar-refractivity contribution >= 4 is 15.8 Å². The van der Waals surface area contributed by atoms with Gasteiger partial charge in [-0.1, -0.05) is 30.3 Å². The molecule has 0 bridgehead atoms. The normalized spacial score (nSPS) is 19.1. The summed E-state index contributed by atoms with van der Waals surface area (Å²) in [7, 11) is -3.30. The van der Waals surface area contributed by atoms with Crippen LogP contribution in [-0.2, 0) is 16.6 Å². The Balaban J connectivity index is 1.72. The number of nitrogens with one attached hydrogen (secondary N) is 1. The molecule has 1 aromatic heterocycles. The van der Waals surface area contributed by atoms with Crippen molar-refractivity contribution in [3.05, 3.63) is 47.7 Å². The van der Waals surface area contributed by atoms with E-state index >= 15 is 0 Å². The van der Waals surface area contributed by atoms with Crippen LogP contribution < -0.4 is 4.72 Å². The van der Waals surface area contributed by atoms with Crippen LogP contribution in [0, 0.1) is 6.92 Å². The van der Waals surface area contributed by atoms with Crippen LogP contribution >= 0.6 is 0 Å². The molecule has 23 heavy (non-hydrogen) atoms. The smallest absolute Gasteiger partial charge is 0.230 e. The molecule has 1 aliphatic heterocycles. The Bertz CT molecular complexity index is 771. The average Bonchev–Trinajstić information content (AvgIpc) is 3.05. The van der Waals surface area contributed by atoms with Gasteiger partial charge in [-0.25, -0.2) is 13.1 Å². The zero-order chi connectivity index (χ0) is 16.4. The highest BCUT2D eigenvalue weighted by atomic mass is 32.2. The molecule has 2 heterocycles. The third-order valence-electron chi connectivity index (χ3n) is 3.99. The number of hydrogen-bond donors (Lipinski definition) is 1. The van der Waals surface area contributed by atoms with Gasteiger partial charge in [-0.05, 0) is 18.9 Å². The van der Waals surface area contributed by atoms with E-state index in [-0.39, 0.29) is 6.04 Å². The van der Waals surface area contributed by atoms with Gasteiger partial charge in [0, 0.05) is 25.7 Å². The SMILES string of the molecule is Cc1cc(NS(C)(=O)=O)n(C2CCN(Cc3ccccc3)C2)n1. The Morgan fingerprint density at radius 3 is 2.74 bits per heavy atom. The molecule has 2 aromatic rings. The largest absolute Gasteiger partial charge is 0.297 e. The zero-order valence-electron chi connectivity index (χ0n) is 13.4. The van der Waals surface area contributed by atoms with Crippen molar-refractivity contribution in [2.24, 2.45) is 0 Å². The number of hydrogen-bond acceptors (Lipinski definition) is 4. The van der Waals surface area contributed by atoms with E-state index in [2.05, 4.69) is 26.9 Å². The van der Waals surface area contributed by atoms with Gasteiger partial charge in [0.15, 0.2) is 0 Å². The van der Waals surface area contributed by atoms with Crippen molar-refractivity contribution in [2.75, 3.05) is 24.1 Å². The third kappa shape index (κ3) is 4.11. The molecule has 1 unspecified atom stereocenters. The van der Waals surface area contributed by atoms with Gasteiger partial charge in [-0.15, -0.1) is 0 Å². The highest BCUT2D eigenvalue weighted by molar-refractivity contribution is 7.92. The van der Waals surface area contributed by atoms with Crippen LogP contribution in [0.15, 0.2) is 36.4 Å². The van der Waals surface area contributed by atoms with Crippen LogP contribution in [0.5, 0.6) is 0 Å². The summed E-state index contributed by atoms with van der Waals surface area (Å²) in [6.45, 7) is 4.64. The highest BCUT2D eigenvalue weighted by Gasteiger charge is 2.27. The Hall–Kier alpha value is -1.86. The number of aryl methyl sites for hydroxylation is 1. The van der Waals surface area contributed by atoms with Gasteiger partial charge in [0.25, 0.3) is 0 Å². The first-order valence-electron chi connectivity index (χ1n) is 7.71. The minimum Gasteiger partial charge on any atom is -0.297 e. The number of anilines is 1. The lowest BCUT2D eigenvalue weighted by Gasteiger charge is -2.17. The molecule has 1 saturated heterocycles. The lowest BCUT2D eigenvalue weighted by atomic mass is 10.2. The maximum absolute atomic E-state index is 11.5. The predicted molar refractivity (Wildman–Crippen MR) is 90.8 cm³/mol. The second-order valence-corrected chi connectivity index (χ2v) is 7.90. The second-order valence-electron chi connectivity index (χ2n) is 6.15. The standard InChI is InChI=1S/C16H22N4O2S/c1-13-10-16(18-23(2,21)22)20(17-13)15-8-9-19(12-15)11-14-6-4-3-5-7-14/h3-7,10,15,18H,8-9,11-12H2,1-2H3. The molecule has 0 spiro atoms. The van der Waals surface area contributed by atoms with Crippen molar-refractivity contribution in [3.63, 3.8) is 0 Å². The fraction of sp³-hybridized carbons (Fsp3) is 0.438. The number of sulfonamides is 1. The minimum absolute atomic E-state index is 0.191. The molecule has 6 nitrogen and oxygen atoms in total. The molecular formula is C16H22N4O2S. The minimum atomic E-state index is -3.30. The number of aromatic nitrogens is 2. The quantitative estimate of drug-likeness (QED) is 0.908. The van der Waals surface area contributed by atoms with E-state index in [1.165, 1.54) is 5.56 Å². The van der Waals surface area contributed by atoms with Crippen molar-refractivity contribution in [1.29, 1.82) is 0 Å². The zero-order valence-corrected chi connectivity index (χ0v) is 14.3. The summed E-state index contributed by atoms with van der Waals surface area (Å²) in [5.41, 5.74) is 2.11. The molecule has 7 heteroatoms. The van der Waals surface area contributed by atoms with Gasteiger partial charge in [-0.2, -0.15) is 5.10 Å². The third-order valence-corrected chi connectivity index (χ3v) is 4.57. The van der Waals surface area contributed by atoms with Crippen LogP contribution in [-0.4, -0.2) is 42.4 Å². The fourth-order valence-electron chi connectivity index (χ4n) is 3.06. The van der Waals surface area contributed by atoms with Crippen molar-refractivity contribution < 1.29 is 8.42 Å². The summed E-state index contributed by atoms with van der Waals surface area (Å²) >= 11 is 0. The van der Waals surface area contributed by atoms with E-state index in [0.29, 0.717) is 5.82 Å². The molecule has 1 atom stereocenters. The van der Waals surface area contributed by atoms with Crippen LogP contribution in [0.25, 0.3) is 0 Å². The molecule has 1 fully saturated rings. The Kier molecular flexibility index (Phi) is 4.41. The molecular weight excluding hydrogens is 312 g/mol. The summed E-state index contributed by atoms with van der Waals surface area (Å²) < 4.78 is 27.4. The molecule has 1 N–H and O–H groups in total. The first-order chi connectivity index (χ1) is 10.9. The van der Waals surface area contributed by atoms with Gasteiger partial charge < -0.3 is 0 Å². The van der Waals surface area contributed by atoms with Crippen molar-refractivity contribution in [2.45, 2.75) is 25.9 Å². The molecule has 0 radical (unpaired) electrons. The average molecular weight is 334 g/mol. The Labute approximate surface area is 137 Å². The topological polar surface area (TPSA) is 67.2 Å². The first kappa shape index (κ1) is 16.0. The lowest BCUT2D eigenvalue weighted by Crippen LogP contribution is -2.23.